The van der Waals surface area contributed by atoms with Crippen LogP contribution in [0.15, 0.2) is 42.5 Å². The largest absolute Gasteiger partial charge is 0.494 e. The lowest BCUT2D eigenvalue weighted by atomic mass is 9.87. The first-order chi connectivity index (χ1) is 14.4. The average Bonchev–Trinajstić information content (AvgIpc) is 2.76. The molecule has 0 aromatic heterocycles. The lowest BCUT2D eigenvalue weighted by Gasteiger charge is -2.47. The maximum atomic E-state index is 10.7. The van der Waals surface area contributed by atoms with Gasteiger partial charge in [-0.15, -0.1) is 0 Å². The number of ether oxygens (including phenoxy) is 3. The Balaban J connectivity index is 1.94. The SMILES string of the molecule is CCOc1ccc(Cc2cc(C3(OC)OC(CO)[C@@H](O)[C@H](O)[C@H]3O)ccc2Cl)cc1. The minimum absolute atomic E-state index is 0.409. The third-order valence-electron chi connectivity index (χ3n) is 5.33. The number of aliphatic hydroxyl groups excluding tert-OH is 4. The average molecular weight is 439 g/mol. The van der Waals surface area contributed by atoms with Crippen LogP contribution in [0.4, 0.5) is 0 Å². The molecule has 4 N–H and O–H groups in total. The summed E-state index contributed by atoms with van der Waals surface area (Å²) in [5, 5.41) is 41.1. The maximum absolute atomic E-state index is 10.7. The molecule has 5 atom stereocenters. The summed E-state index contributed by atoms with van der Waals surface area (Å²) in [6, 6.07) is 12.6. The van der Waals surface area contributed by atoms with Crippen LogP contribution in [0.3, 0.4) is 0 Å². The van der Waals surface area contributed by atoms with Crippen molar-refractivity contribution < 1.29 is 34.6 Å². The number of hydrogen-bond acceptors (Lipinski definition) is 7. The van der Waals surface area contributed by atoms with Gasteiger partial charge in [0.1, 0.15) is 30.2 Å². The molecule has 164 valence electrons. The molecule has 0 radical (unpaired) electrons. The molecular weight excluding hydrogens is 412 g/mol. The van der Waals surface area contributed by atoms with Gasteiger partial charge in [-0.2, -0.15) is 0 Å². The monoisotopic (exact) mass is 438 g/mol. The van der Waals surface area contributed by atoms with E-state index in [1.54, 1.807) is 18.2 Å². The normalized spacial score (nSPS) is 29.0. The summed E-state index contributed by atoms with van der Waals surface area (Å²) in [7, 11) is 1.32. The molecule has 7 nitrogen and oxygen atoms in total. The summed E-state index contributed by atoms with van der Waals surface area (Å²) in [5.41, 5.74) is 2.16. The van der Waals surface area contributed by atoms with E-state index in [4.69, 9.17) is 25.8 Å². The van der Waals surface area contributed by atoms with Crippen LogP contribution in [0.5, 0.6) is 5.75 Å². The highest BCUT2D eigenvalue weighted by Crippen LogP contribution is 2.40. The van der Waals surface area contributed by atoms with E-state index in [1.165, 1.54) is 7.11 Å². The number of rotatable bonds is 7. The first-order valence-corrected chi connectivity index (χ1v) is 10.1. The molecule has 1 heterocycles. The molecule has 0 amide bonds. The predicted octanol–water partition coefficient (Wildman–Crippen LogP) is 1.60. The van der Waals surface area contributed by atoms with Crippen molar-refractivity contribution in [3.63, 3.8) is 0 Å². The summed E-state index contributed by atoms with van der Waals surface area (Å²) >= 11 is 6.40. The molecule has 1 fully saturated rings. The quantitative estimate of drug-likeness (QED) is 0.520. The van der Waals surface area contributed by atoms with Crippen LogP contribution < -0.4 is 4.74 Å². The van der Waals surface area contributed by atoms with Crippen LogP contribution in [0.1, 0.15) is 23.6 Å². The zero-order valence-electron chi connectivity index (χ0n) is 16.9. The summed E-state index contributed by atoms with van der Waals surface area (Å²) in [4.78, 5) is 0. The minimum Gasteiger partial charge on any atom is -0.494 e. The van der Waals surface area contributed by atoms with Gasteiger partial charge in [-0.05, 0) is 48.7 Å². The fraction of sp³-hybridized carbons (Fsp3) is 0.455. The van der Waals surface area contributed by atoms with Crippen LogP contribution >= 0.6 is 11.6 Å². The fourth-order valence-electron chi connectivity index (χ4n) is 3.68. The first kappa shape index (κ1) is 23.0. The molecule has 8 heteroatoms. The third kappa shape index (κ3) is 4.33. The Morgan fingerprint density at radius 2 is 1.77 bits per heavy atom. The van der Waals surface area contributed by atoms with Gasteiger partial charge in [-0.1, -0.05) is 29.8 Å². The minimum atomic E-state index is -1.77. The summed E-state index contributed by atoms with van der Waals surface area (Å²) in [5.74, 6) is -0.995. The van der Waals surface area contributed by atoms with E-state index in [0.29, 0.717) is 23.6 Å². The molecule has 1 aliphatic rings. The second kappa shape index (κ2) is 9.62. The summed E-state index contributed by atoms with van der Waals surface area (Å²) in [6.45, 7) is 1.95. The van der Waals surface area contributed by atoms with E-state index < -0.39 is 36.8 Å². The van der Waals surface area contributed by atoms with Crippen molar-refractivity contribution in [1.29, 1.82) is 0 Å². The fourth-order valence-corrected chi connectivity index (χ4v) is 3.87. The van der Waals surface area contributed by atoms with E-state index in [1.807, 2.05) is 31.2 Å². The number of aliphatic hydroxyl groups is 4. The van der Waals surface area contributed by atoms with Crippen molar-refractivity contribution in [2.45, 2.75) is 43.5 Å². The Labute approximate surface area is 180 Å². The van der Waals surface area contributed by atoms with Crippen molar-refractivity contribution in [3.8, 4) is 5.75 Å². The summed E-state index contributed by atoms with van der Waals surface area (Å²) < 4.78 is 16.7. The molecule has 0 saturated carbocycles. The highest BCUT2D eigenvalue weighted by molar-refractivity contribution is 6.31. The van der Waals surface area contributed by atoms with Gasteiger partial charge in [-0.25, -0.2) is 0 Å². The van der Waals surface area contributed by atoms with Crippen molar-refractivity contribution in [1.82, 2.24) is 0 Å². The van der Waals surface area contributed by atoms with Gasteiger partial charge in [0.15, 0.2) is 0 Å². The van der Waals surface area contributed by atoms with E-state index in [0.717, 1.165) is 16.9 Å². The Hall–Kier alpha value is -1.71. The lowest BCUT2D eigenvalue weighted by Crippen LogP contribution is -2.64. The molecule has 1 aliphatic heterocycles. The van der Waals surface area contributed by atoms with Gasteiger partial charge in [0.2, 0.25) is 5.79 Å². The number of methoxy groups -OCH3 is 1. The topological polar surface area (TPSA) is 109 Å². The number of hydrogen-bond donors (Lipinski definition) is 4. The van der Waals surface area contributed by atoms with E-state index in [2.05, 4.69) is 0 Å². The molecule has 2 aromatic carbocycles. The van der Waals surface area contributed by atoms with E-state index >= 15 is 0 Å². The van der Waals surface area contributed by atoms with Crippen molar-refractivity contribution in [2.24, 2.45) is 0 Å². The molecule has 1 saturated heterocycles. The Morgan fingerprint density at radius 3 is 2.37 bits per heavy atom. The Kier molecular flexibility index (Phi) is 7.36. The first-order valence-electron chi connectivity index (χ1n) is 9.75. The standard InChI is InChI=1S/C22H27ClO7/c1-3-29-16-7-4-13(5-8-16)10-14-11-15(6-9-17(14)23)22(28-2)21(27)20(26)19(25)18(12-24)30-22/h4-9,11,18-21,24-27H,3,10,12H2,1-2H3/t18?,19-,20+,21-,22?/m1/s1. The van der Waals surface area contributed by atoms with Gasteiger partial charge in [0.25, 0.3) is 0 Å². The van der Waals surface area contributed by atoms with Crippen molar-refractivity contribution in [2.75, 3.05) is 20.3 Å². The second-order valence-corrected chi connectivity index (χ2v) is 7.60. The third-order valence-corrected chi connectivity index (χ3v) is 5.70. The molecule has 3 rings (SSSR count). The van der Waals surface area contributed by atoms with Gasteiger partial charge in [0.05, 0.1) is 13.2 Å². The predicted molar refractivity (Wildman–Crippen MR) is 111 cm³/mol. The molecule has 30 heavy (non-hydrogen) atoms. The molecule has 2 unspecified atom stereocenters. The second-order valence-electron chi connectivity index (χ2n) is 7.20. The van der Waals surface area contributed by atoms with Crippen molar-refractivity contribution >= 4 is 11.6 Å². The molecule has 2 aromatic rings. The molecule has 0 spiro atoms. The zero-order valence-corrected chi connectivity index (χ0v) is 17.6. The Morgan fingerprint density at radius 1 is 1.07 bits per heavy atom. The van der Waals surface area contributed by atoms with Crippen LogP contribution in [0, 0.1) is 0 Å². The summed E-state index contributed by atoms with van der Waals surface area (Å²) in [6.07, 6.45) is -5.23. The van der Waals surface area contributed by atoms with Gasteiger partial charge >= 0.3 is 0 Å². The molecule has 0 bridgehead atoms. The smallest absolute Gasteiger partial charge is 0.224 e. The number of benzene rings is 2. The zero-order chi connectivity index (χ0) is 21.9. The van der Waals surface area contributed by atoms with Crippen LogP contribution in [0.2, 0.25) is 5.02 Å². The van der Waals surface area contributed by atoms with Crippen LogP contribution in [-0.2, 0) is 21.7 Å². The maximum Gasteiger partial charge on any atom is 0.224 e. The van der Waals surface area contributed by atoms with Gasteiger partial charge in [0, 0.05) is 17.7 Å². The molecular formula is C22H27ClO7. The van der Waals surface area contributed by atoms with Crippen LogP contribution in [-0.4, -0.2) is 65.2 Å². The number of halogens is 1. The van der Waals surface area contributed by atoms with Crippen molar-refractivity contribution in [3.05, 3.63) is 64.2 Å². The van der Waals surface area contributed by atoms with E-state index in [9.17, 15) is 20.4 Å². The van der Waals surface area contributed by atoms with E-state index in [-0.39, 0.29) is 0 Å². The lowest BCUT2D eigenvalue weighted by molar-refractivity contribution is -0.366. The highest BCUT2D eigenvalue weighted by Gasteiger charge is 2.55. The van der Waals surface area contributed by atoms with Gasteiger partial charge in [-0.3, -0.25) is 0 Å². The van der Waals surface area contributed by atoms with Gasteiger partial charge < -0.3 is 34.6 Å². The highest BCUT2D eigenvalue weighted by atomic mass is 35.5. The van der Waals surface area contributed by atoms with Crippen LogP contribution in [0.25, 0.3) is 0 Å². The Bertz CT molecular complexity index is 842. The molecule has 0 aliphatic carbocycles.